The summed E-state index contributed by atoms with van der Waals surface area (Å²) in [5.41, 5.74) is 3.65. The molecule has 0 radical (unpaired) electrons. The first-order valence-corrected chi connectivity index (χ1v) is 7.67. The van der Waals surface area contributed by atoms with Crippen LogP contribution >= 0.6 is 0 Å². The maximum atomic E-state index is 4.17. The van der Waals surface area contributed by atoms with E-state index in [4.69, 9.17) is 0 Å². The first-order valence-electron chi connectivity index (χ1n) is 7.67. The maximum Gasteiger partial charge on any atom is 0.116 e. The SMILES string of the molecule is CC(C)c1ccc2ncncc2c1.CC(C)c1cccnc1. The largest absolute Gasteiger partial charge is 0.264 e. The minimum absolute atomic E-state index is 0.560. The van der Waals surface area contributed by atoms with Gasteiger partial charge in [0.1, 0.15) is 6.33 Å². The Morgan fingerprint density at radius 1 is 0.818 bits per heavy atom. The van der Waals surface area contributed by atoms with Gasteiger partial charge in [-0.05, 0) is 41.2 Å². The first kappa shape index (κ1) is 16.1. The van der Waals surface area contributed by atoms with E-state index in [1.54, 1.807) is 12.5 Å². The van der Waals surface area contributed by atoms with Gasteiger partial charge in [0.15, 0.2) is 0 Å². The highest BCUT2D eigenvalue weighted by atomic mass is 14.8. The topological polar surface area (TPSA) is 38.7 Å². The Labute approximate surface area is 132 Å². The van der Waals surface area contributed by atoms with Crippen molar-refractivity contribution < 1.29 is 0 Å². The van der Waals surface area contributed by atoms with E-state index in [0.717, 1.165) is 10.9 Å². The molecule has 3 nitrogen and oxygen atoms in total. The third kappa shape index (κ3) is 4.35. The van der Waals surface area contributed by atoms with E-state index in [2.05, 4.69) is 60.8 Å². The number of fused-ring (bicyclic) bond motifs is 1. The van der Waals surface area contributed by atoms with Crippen LogP contribution in [0.15, 0.2) is 55.2 Å². The Morgan fingerprint density at radius 3 is 2.18 bits per heavy atom. The van der Waals surface area contributed by atoms with Crippen LogP contribution in [0.4, 0.5) is 0 Å². The van der Waals surface area contributed by atoms with Crippen LogP contribution in [0.3, 0.4) is 0 Å². The molecule has 3 heteroatoms. The van der Waals surface area contributed by atoms with Crippen LogP contribution < -0.4 is 0 Å². The molecule has 22 heavy (non-hydrogen) atoms. The van der Waals surface area contributed by atoms with Crippen LogP contribution in [0.5, 0.6) is 0 Å². The lowest BCUT2D eigenvalue weighted by molar-refractivity contribution is 0.858. The molecule has 0 aliphatic rings. The van der Waals surface area contributed by atoms with Crippen molar-refractivity contribution >= 4 is 10.9 Å². The van der Waals surface area contributed by atoms with Crippen LogP contribution in [-0.2, 0) is 0 Å². The van der Waals surface area contributed by atoms with Gasteiger partial charge in [0.05, 0.1) is 5.52 Å². The Morgan fingerprint density at radius 2 is 1.59 bits per heavy atom. The molecule has 0 bridgehead atoms. The van der Waals surface area contributed by atoms with Crippen molar-refractivity contribution in [2.45, 2.75) is 39.5 Å². The van der Waals surface area contributed by atoms with Gasteiger partial charge in [-0.3, -0.25) is 4.98 Å². The summed E-state index contributed by atoms with van der Waals surface area (Å²) in [7, 11) is 0. The van der Waals surface area contributed by atoms with E-state index in [-0.39, 0.29) is 0 Å². The van der Waals surface area contributed by atoms with Gasteiger partial charge in [-0.2, -0.15) is 0 Å². The van der Waals surface area contributed by atoms with E-state index >= 15 is 0 Å². The second-order valence-corrected chi connectivity index (χ2v) is 5.94. The molecule has 0 fully saturated rings. The average molecular weight is 293 g/mol. The van der Waals surface area contributed by atoms with Crippen molar-refractivity contribution in [1.29, 1.82) is 0 Å². The Hall–Kier alpha value is -2.29. The molecule has 0 saturated carbocycles. The zero-order valence-electron chi connectivity index (χ0n) is 13.7. The van der Waals surface area contributed by atoms with Crippen LogP contribution in [0.2, 0.25) is 0 Å². The zero-order chi connectivity index (χ0) is 15.9. The quantitative estimate of drug-likeness (QED) is 0.670. The molecule has 3 rings (SSSR count). The van der Waals surface area contributed by atoms with Crippen molar-refractivity contribution in [3.8, 4) is 0 Å². The highest BCUT2D eigenvalue weighted by Gasteiger charge is 2.00. The number of aromatic nitrogens is 3. The average Bonchev–Trinajstić information content (AvgIpc) is 2.55. The summed E-state index contributed by atoms with van der Waals surface area (Å²) in [5.74, 6) is 1.16. The molecule has 114 valence electrons. The van der Waals surface area contributed by atoms with Gasteiger partial charge in [-0.15, -0.1) is 0 Å². The second kappa shape index (κ2) is 7.64. The number of nitrogens with zero attached hydrogens (tertiary/aromatic N) is 3. The summed E-state index contributed by atoms with van der Waals surface area (Å²) in [6, 6.07) is 10.4. The van der Waals surface area contributed by atoms with Crippen molar-refractivity contribution in [2.75, 3.05) is 0 Å². The summed E-state index contributed by atoms with van der Waals surface area (Å²) in [6.07, 6.45) is 7.14. The summed E-state index contributed by atoms with van der Waals surface area (Å²) in [5, 5.41) is 1.12. The molecule has 0 N–H and O–H groups in total. The molecule has 0 amide bonds. The molecular weight excluding hydrogens is 270 g/mol. The van der Waals surface area contributed by atoms with Crippen molar-refractivity contribution in [3.05, 3.63) is 66.4 Å². The van der Waals surface area contributed by atoms with Gasteiger partial charge in [0, 0.05) is 24.0 Å². The van der Waals surface area contributed by atoms with Gasteiger partial charge in [-0.25, -0.2) is 9.97 Å². The van der Waals surface area contributed by atoms with Gasteiger partial charge >= 0.3 is 0 Å². The molecule has 3 aromatic rings. The molecule has 2 aromatic heterocycles. The van der Waals surface area contributed by atoms with E-state index in [9.17, 15) is 0 Å². The Bertz CT molecular complexity index is 706. The number of benzene rings is 1. The fourth-order valence-electron chi connectivity index (χ4n) is 2.08. The highest BCUT2D eigenvalue weighted by molar-refractivity contribution is 5.78. The summed E-state index contributed by atoms with van der Waals surface area (Å²) in [4.78, 5) is 12.2. The second-order valence-electron chi connectivity index (χ2n) is 5.94. The monoisotopic (exact) mass is 293 g/mol. The molecule has 0 unspecified atom stereocenters. The van der Waals surface area contributed by atoms with Crippen molar-refractivity contribution in [2.24, 2.45) is 0 Å². The zero-order valence-corrected chi connectivity index (χ0v) is 13.7. The highest BCUT2D eigenvalue weighted by Crippen LogP contribution is 2.18. The Balaban J connectivity index is 0.000000172. The molecule has 0 spiro atoms. The van der Waals surface area contributed by atoms with Gasteiger partial charge < -0.3 is 0 Å². The first-order chi connectivity index (χ1) is 10.6. The minimum Gasteiger partial charge on any atom is -0.264 e. The maximum absolute atomic E-state index is 4.17. The van der Waals surface area contributed by atoms with Crippen LogP contribution in [0, 0.1) is 0 Å². The van der Waals surface area contributed by atoms with E-state index in [0.29, 0.717) is 11.8 Å². The van der Waals surface area contributed by atoms with Crippen LogP contribution in [0.1, 0.15) is 50.7 Å². The van der Waals surface area contributed by atoms with E-state index in [1.165, 1.54) is 11.1 Å². The predicted molar refractivity (Wildman–Crippen MR) is 92.0 cm³/mol. The molecule has 1 aromatic carbocycles. The standard InChI is InChI=1S/C11H12N2.C8H11N/c1-8(2)9-3-4-11-10(5-9)6-12-7-13-11;1-7(2)8-4-3-5-9-6-8/h3-8H,1-2H3;3-7H,1-2H3. The molecule has 0 atom stereocenters. The third-order valence-electron chi connectivity index (χ3n) is 3.55. The summed E-state index contributed by atoms with van der Waals surface area (Å²) >= 11 is 0. The third-order valence-corrected chi connectivity index (χ3v) is 3.55. The fraction of sp³-hybridized carbons (Fsp3) is 0.316. The molecule has 0 saturated heterocycles. The summed E-state index contributed by atoms with van der Waals surface area (Å²) in [6.45, 7) is 8.70. The van der Waals surface area contributed by atoms with Gasteiger partial charge in [0.2, 0.25) is 0 Å². The number of hydrogen-bond donors (Lipinski definition) is 0. The lowest BCUT2D eigenvalue weighted by Gasteiger charge is -2.05. The molecule has 0 aliphatic carbocycles. The number of rotatable bonds is 2. The number of hydrogen-bond acceptors (Lipinski definition) is 3. The smallest absolute Gasteiger partial charge is 0.116 e. The van der Waals surface area contributed by atoms with Crippen molar-refractivity contribution in [3.63, 3.8) is 0 Å². The fourth-order valence-corrected chi connectivity index (χ4v) is 2.08. The summed E-state index contributed by atoms with van der Waals surface area (Å²) < 4.78 is 0. The van der Waals surface area contributed by atoms with E-state index in [1.807, 2.05) is 24.5 Å². The van der Waals surface area contributed by atoms with Gasteiger partial charge in [0.25, 0.3) is 0 Å². The normalized spacial score (nSPS) is 10.6. The molecule has 0 aliphatic heterocycles. The lowest BCUT2D eigenvalue weighted by atomic mass is 10.0. The molecular formula is C19H23N3. The number of pyridine rings is 1. The van der Waals surface area contributed by atoms with E-state index < -0.39 is 0 Å². The van der Waals surface area contributed by atoms with Crippen LogP contribution in [-0.4, -0.2) is 15.0 Å². The van der Waals surface area contributed by atoms with Gasteiger partial charge in [-0.1, -0.05) is 39.8 Å². The molecule has 2 heterocycles. The predicted octanol–water partition coefficient (Wildman–Crippen LogP) is 4.96. The van der Waals surface area contributed by atoms with Crippen LogP contribution in [0.25, 0.3) is 10.9 Å². The lowest BCUT2D eigenvalue weighted by Crippen LogP contribution is -1.88. The minimum atomic E-state index is 0.560. The van der Waals surface area contributed by atoms with Crippen molar-refractivity contribution in [1.82, 2.24) is 15.0 Å². The Kier molecular flexibility index (Phi) is 5.59.